The standard InChI is InChI=1S/C12H13BrFN3O/c1-3-9(15-2)12-17-16-11(18-12)7-5-4-6-8(14)10(7)13/h4-6,9,15H,3H2,1-2H3. The van der Waals surface area contributed by atoms with Gasteiger partial charge in [-0.2, -0.15) is 0 Å². The van der Waals surface area contributed by atoms with E-state index in [-0.39, 0.29) is 11.9 Å². The van der Waals surface area contributed by atoms with Gasteiger partial charge in [-0.1, -0.05) is 13.0 Å². The van der Waals surface area contributed by atoms with Crippen molar-refractivity contribution >= 4 is 15.9 Å². The molecule has 1 N–H and O–H groups in total. The smallest absolute Gasteiger partial charge is 0.249 e. The minimum Gasteiger partial charge on any atom is -0.419 e. The molecule has 1 aromatic carbocycles. The third-order valence-corrected chi connectivity index (χ3v) is 3.48. The fraction of sp³-hybridized carbons (Fsp3) is 0.333. The van der Waals surface area contributed by atoms with E-state index in [9.17, 15) is 4.39 Å². The number of nitrogens with zero attached hydrogens (tertiary/aromatic N) is 2. The maximum Gasteiger partial charge on any atom is 0.249 e. The first kappa shape index (κ1) is 13.2. The van der Waals surface area contributed by atoms with Gasteiger partial charge in [0, 0.05) is 0 Å². The Morgan fingerprint density at radius 1 is 1.44 bits per heavy atom. The lowest BCUT2D eigenvalue weighted by atomic mass is 10.2. The quantitative estimate of drug-likeness (QED) is 0.941. The largest absolute Gasteiger partial charge is 0.419 e. The van der Waals surface area contributed by atoms with Gasteiger partial charge in [-0.25, -0.2) is 4.39 Å². The molecule has 0 saturated carbocycles. The van der Waals surface area contributed by atoms with E-state index in [0.29, 0.717) is 21.8 Å². The second kappa shape index (κ2) is 5.58. The molecular weight excluding hydrogens is 301 g/mol. The van der Waals surface area contributed by atoms with Gasteiger partial charge in [-0.3, -0.25) is 0 Å². The predicted molar refractivity (Wildman–Crippen MR) is 69.5 cm³/mol. The molecule has 1 aromatic heterocycles. The number of nitrogens with one attached hydrogen (secondary N) is 1. The second-order valence-corrected chi connectivity index (χ2v) is 4.59. The van der Waals surface area contributed by atoms with Crippen molar-refractivity contribution in [2.24, 2.45) is 0 Å². The molecule has 4 nitrogen and oxygen atoms in total. The molecule has 96 valence electrons. The molecule has 0 bridgehead atoms. The van der Waals surface area contributed by atoms with Crippen LogP contribution in [0.4, 0.5) is 4.39 Å². The zero-order valence-electron chi connectivity index (χ0n) is 10.1. The van der Waals surface area contributed by atoms with E-state index < -0.39 is 0 Å². The number of hydrogen-bond donors (Lipinski definition) is 1. The molecule has 0 aliphatic heterocycles. The molecule has 1 atom stereocenters. The summed E-state index contributed by atoms with van der Waals surface area (Å²) in [4.78, 5) is 0. The summed E-state index contributed by atoms with van der Waals surface area (Å²) in [6.45, 7) is 2.02. The molecule has 6 heteroatoms. The van der Waals surface area contributed by atoms with Gasteiger partial charge in [-0.05, 0) is 41.5 Å². The van der Waals surface area contributed by atoms with Crippen LogP contribution < -0.4 is 5.32 Å². The number of benzene rings is 1. The fourth-order valence-electron chi connectivity index (χ4n) is 1.66. The third-order valence-electron chi connectivity index (χ3n) is 2.68. The molecule has 0 saturated heterocycles. The van der Waals surface area contributed by atoms with Gasteiger partial charge >= 0.3 is 0 Å². The Labute approximate surface area is 113 Å². The topological polar surface area (TPSA) is 51.0 Å². The van der Waals surface area contributed by atoms with Gasteiger partial charge in [-0.15, -0.1) is 10.2 Å². The van der Waals surface area contributed by atoms with Crippen LogP contribution in [0.15, 0.2) is 27.1 Å². The van der Waals surface area contributed by atoms with Gasteiger partial charge in [0.05, 0.1) is 16.1 Å². The first-order valence-corrected chi connectivity index (χ1v) is 6.41. The minimum atomic E-state index is -0.354. The highest BCUT2D eigenvalue weighted by Gasteiger charge is 2.18. The Balaban J connectivity index is 2.38. The van der Waals surface area contributed by atoms with Crippen LogP contribution >= 0.6 is 15.9 Å². The van der Waals surface area contributed by atoms with Gasteiger partial charge in [0.25, 0.3) is 0 Å². The SMILES string of the molecule is CCC(NC)c1nnc(-c2cccc(F)c2Br)o1. The summed E-state index contributed by atoms with van der Waals surface area (Å²) in [5.41, 5.74) is 0.555. The van der Waals surface area contributed by atoms with Crippen molar-refractivity contribution in [3.63, 3.8) is 0 Å². The third kappa shape index (κ3) is 2.44. The Morgan fingerprint density at radius 2 is 2.22 bits per heavy atom. The summed E-state index contributed by atoms with van der Waals surface area (Å²) >= 11 is 3.18. The van der Waals surface area contributed by atoms with Gasteiger partial charge < -0.3 is 9.73 Å². The maximum atomic E-state index is 13.4. The van der Waals surface area contributed by atoms with Crippen molar-refractivity contribution in [1.29, 1.82) is 0 Å². The van der Waals surface area contributed by atoms with Crippen molar-refractivity contribution in [3.8, 4) is 11.5 Å². The van der Waals surface area contributed by atoms with Gasteiger partial charge in [0.1, 0.15) is 5.82 Å². The zero-order chi connectivity index (χ0) is 13.1. The summed E-state index contributed by atoms with van der Waals surface area (Å²) in [6.07, 6.45) is 0.836. The van der Waals surface area contributed by atoms with Crippen LogP contribution in [0.5, 0.6) is 0 Å². The zero-order valence-corrected chi connectivity index (χ0v) is 11.7. The maximum absolute atomic E-state index is 13.4. The molecule has 0 fully saturated rings. The molecular formula is C12H13BrFN3O. The molecule has 2 rings (SSSR count). The van der Waals surface area contributed by atoms with Gasteiger partial charge in [0.2, 0.25) is 11.8 Å². The lowest BCUT2D eigenvalue weighted by Gasteiger charge is -2.07. The molecule has 0 amide bonds. The monoisotopic (exact) mass is 313 g/mol. The highest BCUT2D eigenvalue weighted by molar-refractivity contribution is 9.10. The van der Waals surface area contributed by atoms with Crippen LogP contribution in [0, 0.1) is 5.82 Å². The average molecular weight is 314 g/mol. The summed E-state index contributed by atoms with van der Waals surface area (Å²) in [7, 11) is 1.83. The van der Waals surface area contributed by atoms with Crippen LogP contribution in [-0.4, -0.2) is 17.2 Å². The second-order valence-electron chi connectivity index (χ2n) is 3.80. The molecule has 2 aromatic rings. The highest BCUT2D eigenvalue weighted by Crippen LogP contribution is 2.30. The summed E-state index contributed by atoms with van der Waals surface area (Å²) in [5, 5.41) is 11.0. The van der Waals surface area contributed by atoms with Crippen LogP contribution in [0.3, 0.4) is 0 Å². The Kier molecular flexibility index (Phi) is 4.08. The number of hydrogen-bond acceptors (Lipinski definition) is 4. The van der Waals surface area contributed by atoms with E-state index in [1.54, 1.807) is 12.1 Å². The van der Waals surface area contributed by atoms with Crippen molar-refractivity contribution in [2.75, 3.05) is 7.05 Å². The van der Waals surface area contributed by atoms with E-state index in [2.05, 4.69) is 31.4 Å². The minimum absolute atomic E-state index is 0.0126. The number of aromatic nitrogens is 2. The van der Waals surface area contributed by atoms with E-state index in [4.69, 9.17) is 4.42 Å². The van der Waals surface area contributed by atoms with E-state index >= 15 is 0 Å². The first-order chi connectivity index (χ1) is 8.67. The first-order valence-electron chi connectivity index (χ1n) is 5.62. The van der Waals surface area contributed by atoms with Gasteiger partial charge in [0.15, 0.2) is 0 Å². The molecule has 0 spiro atoms. The number of rotatable bonds is 4. The van der Waals surface area contributed by atoms with Crippen molar-refractivity contribution in [3.05, 3.63) is 34.4 Å². The summed E-state index contributed by atoms with van der Waals surface area (Å²) in [6, 6.07) is 4.71. The number of halogens is 2. The van der Waals surface area contributed by atoms with Crippen LogP contribution in [0.25, 0.3) is 11.5 Å². The Hall–Kier alpha value is -1.27. The van der Waals surface area contributed by atoms with Crippen LogP contribution in [-0.2, 0) is 0 Å². The van der Waals surface area contributed by atoms with Crippen molar-refractivity contribution in [1.82, 2.24) is 15.5 Å². The normalized spacial score (nSPS) is 12.7. The average Bonchev–Trinajstić information content (AvgIpc) is 2.84. The lowest BCUT2D eigenvalue weighted by Crippen LogP contribution is -2.15. The summed E-state index contributed by atoms with van der Waals surface area (Å²) in [5.74, 6) is 0.462. The van der Waals surface area contributed by atoms with Crippen LogP contribution in [0.2, 0.25) is 0 Å². The van der Waals surface area contributed by atoms with E-state index in [1.165, 1.54) is 6.07 Å². The lowest BCUT2D eigenvalue weighted by molar-refractivity contribution is 0.415. The molecule has 1 heterocycles. The van der Waals surface area contributed by atoms with E-state index in [0.717, 1.165) is 6.42 Å². The molecule has 1 unspecified atom stereocenters. The molecule has 0 radical (unpaired) electrons. The molecule has 0 aliphatic carbocycles. The molecule has 0 aliphatic rings. The fourth-order valence-corrected chi connectivity index (χ4v) is 2.09. The summed E-state index contributed by atoms with van der Waals surface area (Å²) < 4.78 is 19.3. The van der Waals surface area contributed by atoms with Crippen molar-refractivity contribution < 1.29 is 8.81 Å². The highest BCUT2D eigenvalue weighted by atomic mass is 79.9. The predicted octanol–water partition coefficient (Wildman–Crippen LogP) is 3.31. The molecule has 18 heavy (non-hydrogen) atoms. The van der Waals surface area contributed by atoms with Crippen molar-refractivity contribution in [2.45, 2.75) is 19.4 Å². The van der Waals surface area contributed by atoms with Crippen LogP contribution in [0.1, 0.15) is 25.3 Å². The van der Waals surface area contributed by atoms with E-state index in [1.807, 2.05) is 14.0 Å². The Bertz CT molecular complexity index is 540. The Morgan fingerprint density at radius 3 is 2.89 bits per heavy atom.